The maximum atomic E-state index is 13.1. The summed E-state index contributed by atoms with van der Waals surface area (Å²) >= 11 is 0. The molecule has 3 aliphatic rings. The summed E-state index contributed by atoms with van der Waals surface area (Å²) in [5, 5.41) is 9.65. The molecule has 8 rings (SSSR count). The van der Waals surface area contributed by atoms with Crippen LogP contribution in [-0.2, 0) is 35.6 Å². The zero-order chi connectivity index (χ0) is 36.5. The van der Waals surface area contributed by atoms with Gasteiger partial charge in [0.1, 0.15) is 0 Å². The summed E-state index contributed by atoms with van der Waals surface area (Å²) in [6.45, 7) is 2.59. The number of aliphatic hydroxyl groups is 1. The van der Waals surface area contributed by atoms with Crippen LogP contribution in [0, 0.1) is 0 Å². The van der Waals surface area contributed by atoms with E-state index in [9.17, 15) is 14.7 Å². The number of amides is 2. The van der Waals surface area contributed by atoms with Crippen molar-refractivity contribution >= 4 is 11.8 Å². The SMILES string of the molecule is COc1cc2c(cc1OC)CN(CC1CC(c3ccc(CO)cc3)OC(c3cccc(-c4cccc(CN5C(=O)c6ccccc6C5=O)c4)c3)O1)CC2. The Kier molecular flexibility index (Phi) is 9.81. The molecule has 0 saturated carbocycles. The number of ether oxygens (including phenoxy) is 4. The topological polar surface area (TPSA) is 97.8 Å². The number of carbonyl (C=O) groups excluding carboxylic acids is 2. The van der Waals surface area contributed by atoms with E-state index in [-0.39, 0.29) is 37.2 Å². The van der Waals surface area contributed by atoms with Crippen molar-refractivity contribution in [1.29, 1.82) is 0 Å². The molecule has 0 aliphatic carbocycles. The van der Waals surface area contributed by atoms with E-state index in [2.05, 4.69) is 23.1 Å². The van der Waals surface area contributed by atoms with Gasteiger partial charge in [-0.1, -0.05) is 72.8 Å². The molecule has 9 heteroatoms. The fourth-order valence-corrected chi connectivity index (χ4v) is 7.70. The first kappa shape index (κ1) is 34.7. The highest BCUT2D eigenvalue weighted by molar-refractivity contribution is 6.21. The summed E-state index contributed by atoms with van der Waals surface area (Å²) in [4.78, 5) is 29.9. The molecule has 2 amide bonds. The van der Waals surface area contributed by atoms with Gasteiger partial charge in [0.25, 0.3) is 11.8 Å². The fourth-order valence-electron chi connectivity index (χ4n) is 7.70. The number of fused-ring (bicyclic) bond motifs is 2. The van der Waals surface area contributed by atoms with Gasteiger partial charge in [-0.3, -0.25) is 19.4 Å². The van der Waals surface area contributed by atoms with E-state index in [4.69, 9.17) is 18.9 Å². The molecule has 0 radical (unpaired) electrons. The van der Waals surface area contributed by atoms with E-state index < -0.39 is 6.29 Å². The van der Waals surface area contributed by atoms with Crippen LogP contribution in [0.25, 0.3) is 11.1 Å². The first-order valence-electron chi connectivity index (χ1n) is 18.0. The lowest BCUT2D eigenvalue weighted by Gasteiger charge is -2.39. The molecular formula is C44H42N2O7. The molecule has 5 aromatic rings. The summed E-state index contributed by atoms with van der Waals surface area (Å²) in [6, 6.07) is 35.2. The highest BCUT2D eigenvalue weighted by Crippen LogP contribution is 2.40. The highest BCUT2D eigenvalue weighted by Gasteiger charge is 2.36. The standard InChI is InChI=1S/C44H42N2O7/c1-50-40-21-33-17-18-45(25-35(33)22-41(40)51-2)26-36-23-39(30-15-13-28(27-47)14-16-30)53-44(52-36)34-10-6-9-32(20-34)31-8-5-7-29(19-31)24-46-42(48)37-11-3-4-12-38(37)43(46)49/h3-16,19-22,36,39,44,47H,17-18,23-27H2,1-2H3. The number of aliphatic hydroxyl groups excluding tert-OH is 1. The molecule has 53 heavy (non-hydrogen) atoms. The Hall–Kier alpha value is -5.32. The lowest BCUT2D eigenvalue weighted by atomic mass is 9.96. The molecule has 5 aromatic carbocycles. The minimum Gasteiger partial charge on any atom is -0.493 e. The summed E-state index contributed by atoms with van der Waals surface area (Å²) in [5.74, 6) is 0.944. The molecule has 0 bridgehead atoms. The first-order chi connectivity index (χ1) is 25.9. The van der Waals surface area contributed by atoms with E-state index in [0.29, 0.717) is 17.5 Å². The minimum atomic E-state index is -0.612. The number of rotatable bonds is 10. The molecule has 270 valence electrons. The number of carbonyl (C=O) groups is 2. The summed E-state index contributed by atoms with van der Waals surface area (Å²) in [7, 11) is 3.33. The van der Waals surface area contributed by atoms with E-state index in [1.165, 1.54) is 16.0 Å². The Balaban J connectivity index is 1.03. The van der Waals surface area contributed by atoms with Gasteiger partial charge < -0.3 is 24.1 Å². The molecule has 3 heterocycles. The third-order valence-corrected chi connectivity index (χ3v) is 10.5. The van der Waals surface area contributed by atoms with Gasteiger partial charge in [-0.25, -0.2) is 0 Å². The maximum absolute atomic E-state index is 13.1. The maximum Gasteiger partial charge on any atom is 0.261 e. The van der Waals surface area contributed by atoms with Gasteiger partial charge in [-0.05, 0) is 81.8 Å². The largest absolute Gasteiger partial charge is 0.493 e. The van der Waals surface area contributed by atoms with Crippen LogP contribution in [0.15, 0.2) is 109 Å². The molecule has 0 spiro atoms. The predicted molar refractivity (Wildman–Crippen MR) is 199 cm³/mol. The van der Waals surface area contributed by atoms with Crippen molar-refractivity contribution in [2.24, 2.45) is 0 Å². The number of nitrogens with zero attached hydrogens (tertiary/aromatic N) is 2. The Morgan fingerprint density at radius 3 is 2.09 bits per heavy atom. The molecule has 0 aromatic heterocycles. The zero-order valence-electron chi connectivity index (χ0n) is 29.9. The van der Waals surface area contributed by atoms with Gasteiger partial charge in [0, 0.05) is 31.6 Å². The van der Waals surface area contributed by atoms with Gasteiger partial charge in [0.2, 0.25) is 0 Å². The number of imide groups is 1. The lowest BCUT2D eigenvalue weighted by Crippen LogP contribution is -2.41. The Morgan fingerprint density at radius 2 is 1.40 bits per heavy atom. The Bertz CT molecular complexity index is 2110. The molecule has 1 saturated heterocycles. The van der Waals surface area contributed by atoms with Crippen molar-refractivity contribution in [3.05, 3.63) is 154 Å². The predicted octanol–water partition coefficient (Wildman–Crippen LogP) is 7.26. The van der Waals surface area contributed by atoms with Crippen LogP contribution in [0.3, 0.4) is 0 Å². The fraction of sp³-hybridized carbons (Fsp3) is 0.273. The minimum absolute atomic E-state index is 0.0143. The molecule has 1 fully saturated rings. The van der Waals surface area contributed by atoms with Crippen molar-refractivity contribution < 1.29 is 33.6 Å². The first-order valence-corrected chi connectivity index (χ1v) is 18.0. The number of hydrogen-bond donors (Lipinski definition) is 1. The van der Waals surface area contributed by atoms with Crippen LogP contribution in [0.5, 0.6) is 11.5 Å². The van der Waals surface area contributed by atoms with Crippen molar-refractivity contribution in [2.45, 2.75) is 51.0 Å². The smallest absolute Gasteiger partial charge is 0.261 e. The molecule has 3 aliphatic heterocycles. The van der Waals surface area contributed by atoms with Crippen LogP contribution in [0.2, 0.25) is 0 Å². The van der Waals surface area contributed by atoms with Gasteiger partial charge >= 0.3 is 0 Å². The number of methoxy groups -OCH3 is 2. The van der Waals surface area contributed by atoms with E-state index >= 15 is 0 Å². The molecule has 3 atom stereocenters. The quantitative estimate of drug-likeness (QED) is 0.151. The van der Waals surface area contributed by atoms with Crippen molar-refractivity contribution in [3.63, 3.8) is 0 Å². The monoisotopic (exact) mass is 710 g/mol. The highest BCUT2D eigenvalue weighted by atomic mass is 16.7. The van der Waals surface area contributed by atoms with E-state index in [1.807, 2.05) is 66.7 Å². The summed E-state index contributed by atoms with van der Waals surface area (Å²) in [5.41, 5.74) is 8.98. The number of hydrogen-bond acceptors (Lipinski definition) is 8. The molecule has 3 unspecified atom stereocenters. The average molecular weight is 711 g/mol. The summed E-state index contributed by atoms with van der Waals surface area (Å²) in [6.07, 6.45) is 0.662. The van der Waals surface area contributed by atoms with Crippen LogP contribution in [0.1, 0.15) is 72.9 Å². The molecule has 1 N–H and O–H groups in total. The summed E-state index contributed by atoms with van der Waals surface area (Å²) < 4.78 is 24.6. The van der Waals surface area contributed by atoms with E-state index in [0.717, 1.165) is 70.9 Å². The van der Waals surface area contributed by atoms with Gasteiger partial charge in [-0.15, -0.1) is 0 Å². The van der Waals surface area contributed by atoms with Crippen LogP contribution < -0.4 is 9.47 Å². The second-order valence-corrected chi connectivity index (χ2v) is 13.9. The third-order valence-electron chi connectivity index (χ3n) is 10.5. The van der Waals surface area contributed by atoms with Crippen LogP contribution in [-0.4, -0.2) is 60.1 Å². The van der Waals surface area contributed by atoms with Crippen LogP contribution >= 0.6 is 0 Å². The second-order valence-electron chi connectivity index (χ2n) is 13.9. The second kappa shape index (κ2) is 15.0. The molecule has 9 nitrogen and oxygen atoms in total. The Labute approximate surface area is 309 Å². The van der Waals surface area contributed by atoms with Gasteiger partial charge in [0.15, 0.2) is 17.8 Å². The Morgan fingerprint density at radius 1 is 0.717 bits per heavy atom. The van der Waals surface area contributed by atoms with Gasteiger partial charge in [-0.2, -0.15) is 0 Å². The van der Waals surface area contributed by atoms with Crippen LogP contribution in [0.4, 0.5) is 0 Å². The van der Waals surface area contributed by atoms with Gasteiger partial charge in [0.05, 0.1) is 50.7 Å². The lowest BCUT2D eigenvalue weighted by molar-refractivity contribution is -0.253. The van der Waals surface area contributed by atoms with Crippen molar-refractivity contribution in [1.82, 2.24) is 9.80 Å². The molecular weight excluding hydrogens is 668 g/mol. The van der Waals surface area contributed by atoms with E-state index in [1.54, 1.807) is 38.5 Å². The number of benzene rings is 5. The normalized spacial score (nSPS) is 19.9. The zero-order valence-corrected chi connectivity index (χ0v) is 29.9. The third kappa shape index (κ3) is 7.09. The van der Waals surface area contributed by atoms with Crippen molar-refractivity contribution in [3.8, 4) is 22.6 Å². The van der Waals surface area contributed by atoms with Crippen molar-refractivity contribution in [2.75, 3.05) is 27.3 Å². The average Bonchev–Trinajstić information content (AvgIpc) is 3.45.